The van der Waals surface area contributed by atoms with Crippen LogP contribution in [0.15, 0.2) is 17.3 Å². The molecule has 0 amide bonds. The van der Waals surface area contributed by atoms with Gasteiger partial charge in [0.1, 0.15) is 17.0 Å². The molecule has 0 aliphatic rings. The number of aromatic nitrogens is 3. The van der Waals surface area contributed by atoms with Crippen LogP contribution < -0.4 is 4.72 Å². The van der Waals surface area contributed by atoms with Crippen molar-refractivity contribution in [1.82, 2.24) is 19.9 Å². The van der Waals surface area contributed by atoms with Crippen molar-refractivity contribution in [2.45, 2.75) is 25.3 Å². The lowest BCUT2D eigenvalue weighted by Gasteiger charge is -2.13. The molecule has 0 saturated heterocycles. The van der Waals surface area contributed by atoms with E-state index in [1.54, 1.807) is 19.9 Å². The predicted octanol–water partition coefficient (Wildman–Crippen LogP) is 2.21. The molecule has 0 saturated carbocycles. The highest BCUT2D eigenvalue weighted by molar-refractivity contribution is 7.89. The monoisotopic (exact) mass is 334 g/mol. The number of halogens is 2. The molecule has 0 spiro atoms. The molecule has 0 bridgehead atoms. The van der Waals surface area contributed by atoms with E-state index < -0.39 is 10.0 Å². The van der Waals surface area contributed by atoms with Crippen molar-refractivity contribution in [1.29, 1.82) is 0 Å². The SMILES string of the molecule is Cc1cc(Cl)c(C)c(S(=O)(=O)NCc2ncn[nH]2)c1Cl. The number of hydrogen-bond donors (Lipinski definition) is 2. The lowest BCUT2D eigenvalue weighted by molar-refractivity contribution is 0.578. The second-order valence-corrected chi connectivity index (χ2v) is 6.69. The third-order valence-corrected chi connectivity index (χ3v) is 5.31. The first kappa shape index (κ1) is 15.2. The Kier molecular flexibility index (Phi) is 4.33. The lowest BCUT2D eigenvalue weighted by Crippen LogP contribution is -2.25. The third kappa shape index (κ3) is 2.95. The number of benzene rings is 1. The average molecular weight is 335 g/mol. The van der Waals surface area contributed by atoms with Crippen molar-refractivity contribution in [3.05, 3.63) is 39.4 Å². The van der Waals surface area contributed by atoms with Gasteiger partial charge in [-0.3, -0.25) is 5.10 Å². The number of hydrogen-bond acceptors (Lipinski definition) is 4. The van der Waals surface area contributed by atoms with Crippen molar-refractivity contribution in [3.63, 3.8) is 0 Å². The number of aryl methyl sites for hydroxylation is 1. The molecule has 0 aliphatic heterocycles. The maximum Gasteiger partial charge on any atom is 0.242 e. The molecule has 0 fully saturated rings. The molecule has 1 aromatic carbocycles. The Morgan fingerprint density at radius 3 is 2.65 bits per heavy atom. The predicted molar refractivity (Wildman–Crippen MR) is 76.3 cm³/mol. The molecule has 108 valence electrons. The van der Waals surface area contributed by atoms with E-state index in [0.717, 1.165) is 0 Å². The fourth-order valence-corrected chi connectivity index (χ4v) is 3.88. The van der Waals surface area contributed by atoms with Crippen molar-refractivity contribution >= 4 is 33.2 Å². The maximum absolute atomic E-state index is 12.4. The van der Waals surface area contributed by atoms with E-state index in [2.05, 4.69) is 19.9 Å². The minimum Gasteiger partial charge on any atom is -0.262 e. The molecule has 0 aliphatic carbocycles. The van der Waals surface area contributed by atoms with E-state index in [1.165, 1.54) is 6.33 Å². The second-order valence-electron chi connectivity index (χ2n) is 4.20. The van der Waals surface area contributed by atoms with E-state index in [4.69, 9.17) is 23.2 Å². The molecule has 20 heavy (non-hydrogen) atoms. The van der Waals surface area contributed by atoms with Gasteiger partial charge in [0, 0.05) is 5.02 Å². The summed E-state index contributed by atoms with van der Waals surface area (Å²) in [4.78, 5) is 3.83. The van der Waals surface area contributed by atoms with Crippen LogP contribution in [0, 0.1) is 13.8 Å². The Balaban J connectivity index is 2.39. The van der Waals surface area contributed by atoms with Gasteiger partial charge in [-0.25, -0.2) is 18.1 Å². The Labute approximate surface area is 126 Å². The van der Waals surface area contributed by atoms with Crippen molar-refractivity contribution in [2.75, 3.05) is 0 Å². The maximum atomic E-state index is 12.4. The zero-order chi connectivity index (χ0) is 14.9. The van der Waals surface area contributed by atoms with Crippen LogP contribution in [0.1, 0.15) is 17.0 Å². The molecule has 2 aromatic rings. The molecule has 2 N–H and O–H groups in total. The summed E-state index contributed by atoms with van der Waals surface area (Å²) in [5, 5.41) is 6.72. The van der Waals surface area contributed by atoms with Gasteiger partial charge in [-0.15, -0.1) is 0 Å². The molecule has 6 nitrogen and oxygen atoms in total. The van der Waals surface area contributed by atoms with Crippen LogP contribution in [-0.4, -0.2) is 23.6 Å². The summed E-state index contributed by atoms with van der Waals surface area (Å²) < 4.78 is 27.1. The fourth-order valence-electron chi connectivity index (χ4n) is 1.68. The molecular formula is C11H12Cl2N4O2S. The van der Waals surface area contributed by atoms with Gasteiger partial charge in [-0.2, -0.15) is 5.10 Å². The summed E-state index contributed by atoms with van der Waals surface area (Å²) in [6, 6.07) is 1.63. The lowest BCUT2D eigenvalue weighted by atomic mass is 10.2. The smallest absolute Gasteiger partial charge is 0.242 e. The minimum absolute atomic E-state index is 0.0103. The summed E-state index contributed by atoms with van der Waals surface area (Å²) in [5.41, 5.74) is 1.01. The number of nitrogens with zero attached hydrogens (tertiary/aromatic N) is 2. The highest BCUT2D eigenvalue weighted by Crippen LogP contribution is 2.33. The quantitative estimate of drug-likeness (QED) is 0.897. The van der Waals surface area contributed by atoms with E-state index in [1.807, 2.05) is 0 Å². The average Bonchev–Trinajstić information content (AvgIpc) is 2.87. The van der Waals surface area contributed by atoms with Gasteiger partial charge in [-0.05, 0) is 31.0 Å². The third-order valence-electron chi connectivity index (χ3n) is 2.75. The van der Waals surface area contributed by atoms with Gasteiger partial charge >= 0.3 is 0 Å². The van der Waals surface area contributed by atoms with Crippen LogP contribution >= 0.6 is 23.2 Å². The molecule has 0 radical (unpaired) electrons. The first-order chi connectivity index (χ1) is 9.33. The summed E-state index contributed by atoms with van der Waals surface area (Å²) in [7, 11) is -3.80. The standard InChI is InChI=1S/C11H12Cl2N4O2S/c1-6-3-8(12)7(2)11(10(6)13)20(18,19)16-4-9-14-5-15-17-9/h3,5,16H,4H2,1-2H3,(H,14,15,17). The zero-order valence-electron chi connectivity index (χ0n) is 10.7. The van der Waals surface area contributed by atoms with Gasteiger partial charge in [-0.1, -0.05) is 23.2 Å². The molecule has 1 heterocycles. The van der Waals surface area contributed by atoms with E-state index in [0.29, 0.717) is 22.0 Å². The van der Waals surface area contributed by atoms with Crippen LogP contribution in [0.3, 0.4) is 0 Å². The van der Waals surface area contributed by atoms with Crippen molar-refractivity contribution in [3.8, 4) is 0 Å². The first-order valence-electron chi connectivity index (χ1n) is 5.62. The Morgan fingerprint density at radius 1 is 1.35 bits per heavy atom. The van der Waals surface area contributed by atoms with Crippen LogP contribution in [0.5, 0.6) is 0 Å². The van der Waals surface area contributed by atoms with E-state index in [9.17, 15) is 8.42 Å². The van der Waals surface area contributed by atoms with E-state index in [-0.39, 0.29) is 16.5 Å². The highest BCUT2D eigenvalue weighted by atomic mass is 35.5. The summed E-state index contributed by atoms with van der Waals surface area (Å²) in [6.45, 7) is 3.30. The van der Waals surface area contributed by atoms with Crippen LogP contribution in [0.4, 0.5) is 0 Å². The Hall–Kier alpha value is -1.15. The van der Waals surface area contributed by atoms with E-state index >= 15 is 0 Å². The number of sulfonamides is 1. The summed E-state index contributed by atoms with van der Waals surface area (Å²) in [5.74, 6) is 0.404. The Morgan fingerprint density at radius 2 is 2.05 bits per heavy atom. The normalized spacial score (nSPS) is 11.8. The Bertz CT molecular complexity index is 703. The van der Waals surface area contributed by atoms with Crippen LogP contribution in [0.2, 0.25) is 10.0 Å². The molecule has 0 atom stereocenters. The largest absolute Gasteiger partial charge is 0.262 e. The number of rotatable bonds is 4. The van der Waals surface area contributed by atoms with Gasteiger partial charge in [0.25, 0.3) is 0 Å². The van der Waals surface area contributed by atoms with Gasteiger partial charge in [0.05, 0.1) is 11.6 Å². The molecular weight excluding hydrogens is 323 g/mol. The number of aromatic amines is 1. The van der Waals surface area contributed by atoms with Crippen molar-refractivity contribution < 1.29 is 8.42 Å². The summed E-state index contributed by atoms with van der Waals surface area (Å²) in [6.07, 6.45) is 1.30. The minimum atomic E-state index is -3.80. The van der Waals surface area contributed by atoms with Crippen LogP contribution in [-0.2, 0) is 16.6 Å². The molecule has 9 heteroatoms. The number of nitrogens with one attached hydrogen (secondary N) is 2. The first-order valence-corrected chi connectivity index (χ1v) is 7.86. The van der Waals surface area contributed by atoms with Gasteiger partial charge < -0.3 is 0 Å². The second kappa shape index (κ2) is 5.69. The van der Waals surface area contributed by atoms with Crippen LogP contribution in [0.25, 0.3) is 0 Å². The molecule has 0 unspecified atom stereocenters. The number of H-pyrrole nitrogens is 1. The molecule has 1 aromatic heterocycles. The summed E-state index contributed by atoms with van der Waals surface area (Å²) >= 11 is 12.1. The highest BCUT2D eigenvalue weighted by Gasteiger charge is 2.23. The van der Waals surface area contributed by atoms with Gasteiger partial charge in [0.15, 0.2) is 0 Å². The van der Waals surface area contributed by atoms with Gasteiger partial charge in [0.2, 0.25) is 10.0 Å². The van der Waals surface area contributed by atoms with Crippen molar-refractivity contribution in [2.24, 2.45) is 0 Å². The topological polar surface area (TPSA) is 87.7 Å². The fraction of sp³-hybridized carbons (Fsp3) is 0.273. The zero-order valence-corrected chi connectivity index (χ0v) is 13.1. The molecule has 2 rings (SSSR count).